The highest BCUT2D eigenvalue weighted by Crippen LogP contribution is 2.27. The van der Waals surface area contributed by atoms with E-state index in [2.05, 4.69) is 10.2 Å². The van der Waals surface area contributed by atoms with E-state index < -0.39 is 0 Å². The average Bonchev–Trinajstić information content (AvgIpc) is 2.65. The number of rotatable bonds is 7. The minimum Gasteiger partial charge on any atom is -0.506 e. The number of nitrogens with one attached hydrogen (secondary N) is 1. The van der Waals surface area contributed by atoms with Crippen molar-refractivity contribution in [3.05, 3.63) is 53.1 Å². The summed E-state index contributed by atoms with van der Waals surface area (Å²) < 4.78 is 5.84. The van der Waals surface area contributed by atoms with Crippen LogP contribution in [0.4, 0.5) is 5.69 Å². The zero-order chi connectivity index (χ0) is 17.5. The number of benzene rings is 2. The lowest BCUT2D eigenvalue weighted by Crippen LogP contribution is -2.33. The molecule has 0 atom stereocenters. The molecule has 0 amide bonds. The molecule has 134 valence electrons. The van der Waals surface area contributed by atoms with Crippen LogP contribution in [0.25, 0.3) is 0 Å². The highest BCUT2D eigenvalue weighted by atomic mass is 35.5. The lowest BCUT2D eigenvalue weighted by atomic mass is 10.1. The van der Waals surface area contributed by atoms with Crippen LogP contribution in [0.5, 0.6) is 11.5 Å². The molecular formula is C20H25ClN2O2. The van der Waals surface area contributed by atoms with Crippen molar-refractivity contribution in [2.45, 2.75) is 25.8 Å². The predicted octanol–water partition coefficient (Wildman–Crippen LogP) is 4.52. The summed E-state index contributed by atoms with van der Waals surface area (Å²) in [6, 6.07) is 13.2. The molecular weight excluding hydrogens is 336 g/mol. The van der Waals surface area contributed by atoms with Crippen molar-refractivity contribution in [3.63, 3.8) is 0 Å². The topological polar surface area (TPSA) is 44.7 Å². The van der Waals surface area contributed by atoms with Crippen LogP contribution in [0.2, 0.25) is 5.02 Å². The highest BCUT2D eigenvalue weighted by Gasteiger charge is 2.09. The SMILES string of the molecule is Oc1cccc(CNc2ccc(OCCN3CCCCC3)cc2)c1Cl. The van der Waals surface area contributed by atoms with Crippen molar-refractivity contribution in [2.75, 3.05) is 31.6 Å². The van der Waals surface area contributed by atoms with Gasteiger partial charge in [0.1, 0.15) is 18.1 Å². The Morgan fingerprint density at radius 2 is 1.80 bits per heavy atom. The van der Waals surface area contributed by atoms with Gasteiger partial charge in [-0.3, -0.25) is 4.90 Å². The fraction of sp³-hybridized carbons (Fsp3) is 0.400. The molecule has 1 aliphatic rings. The van der Waals surface area contributed by atoms with E-state index in [1.54, 1.807) is 12.1 Å². The maximum absolute atomic E-state index is 9.63. The van der Waals surface area contributed by atoms with E-state index in [0.29, 0.717) is 11.6 Å². The van der Waals surface area contributed by atoms with E-state index in [0.717, 1.165) is 30.2 Å². The number of nitrogens with zero attached hydrogens (tertiary/aromatic N) is 1. The number of anilines is 1. The molecule has 2 aromatic carbocycles. The van der Waals surface area contributed by atoms with Crippen LogP contribution in [0.3, 0.4) is 0 Å². The lowest BCUT2D eigenvalue weighted by Gasteiger charge is -2.26. The Bertz CT molecular complexity index is 670. The number of hydrogen-bond acceptors (Lipinski definition) is 4. The smallest absolute Gasteiger partial charge is 0.134 e. The van der Waals surface area contributed by atoms with Crippen molar-refractivity contribution < 1.29 is 9.84 Å². The second-order valence-corrected chi connectivity index (χ2v) is 6.76. The maximum Gasteiger partial charge on any atom is 0.134 e. The predicted molar refractivity (Wildman–Crippen MR) is 103 cm³/mol. The number of likely N-dealkylation sites (tertiary alicyclic amines) is 1. The molecule has 5 heteroatoms. The van der Waals surface area contributed by atoms with Gasteiger partial charge in [-0.05, 0) is 61.8 Å². The van der Waals surface area contributed by atoms with Crippen molar-refractivity contribution in [3.8, 4) is 11.5 Å². The van der Waals surface area contributed by atoms with Crippen molar-refractivity contribution in [1.29, 1.82) is 0 Å². The van der Waals surface area contributed by atoms with Gasteiger partial charge < -0.3 is 15.2 Å². The fourth-order valence-electron chi connectivity index (χ4n) is 3.04. The summed E-state index contributed by atoms with van der Waals surface area (Å²) in [5.41, 5.74) is 1.85. The van der Waals surface area contributed by atoms with Gasteiger partial charge in [-0.15, -0.1) is 0 Å². The van der Waals surface area contributed by atoms with Gasteiger partial charge in [0, 0.05) is 18.8 Å². The van der Waals surface area contributed by atoms with Gasteiger partial charge in [0.2, 0.25) is 0 Å². The molecule has 0 saturated carbocycles. The minimum atomic E-state index is 0.110. The van der Waals surface area contributed by atoms with Crippen molar-refractivity contribution in [2.24, 2.45) is 0 Å². The Morgan fingerprint density at radius 3 is 2.56 bits per heavy atom. The van der Waals surface area contributed by atoms with E-state index in [9.17, 15) is 5.11 Å². The summed E-state index contributed by atoms with van der Waals surface area (Å²) in [6.07, 6.45) is 3.98. The first kappa shape index (κ1) is 17.9. The minimum absolute atomic E-state index is 0.110. The molecule has 0 unspecified atom stereocenters. The van der Waals surface area contributed by atoms with E-state index in [-0.39, 0.29) is 5.75 Å². The summed E-state index contributed by atoms with van der Waals surface area (Å²) in [7, 11) is 0. The molecule has 0 bridgehead atoms. The maximum atomic E-state index is 9.63. The van der Waals surface area contributed by atoms with E-state index >= 15 is 0 Å². The van der Waals surface area contributed by atoms with Crippen molar-refractivity contribution >= 4 is 17.3 Å². The zero-order valence-corrected chi connectivity index (χ0v) is 15.1. The van der Waals surface area contributed by atoms with Crippen LogP contribution < -0.4 is 10.1 Å². The van der Waals surface area contributed by atoms with E-state index in [4.69, 9.17) is 16.3 Å². The standard InChI is InChI=1S/C20H25ClN2O2/c21-20-16(5-4-6-19(20)24)15-22-17-7-9-18(10-8-17)25-14-13-23-11-2-1-3-12-23/h4-10,22,24H,1-3,11-15H2. The largest absolute Gasteiger partial charge is 0.506 e. The number of ether oxygens (including phenoxy) is 1. The van der Waals surface area contributed by atoms with Crippen LogP contribution in [-0.4, -0.2) is 36.2 Å². The summed E-state index contributed by atoms with van der Waals surface area (Å²) in [6.45, 7) is 4.68. The number of hydrogen-bond donors (Lipinski definition) is 2. The summed E-state index contributed by atoms with van der Waals surface area (Å²) in [5, 5.41) is 13.3. The zero-order valence-electron chi connectivity index (χ0n) is 14.4. The van der Waals surface area contributed by atoms with Gasteiger partial charge in [-0.1, -0.05) is 30.2 Å². The Morgan fingerprint density at radius 1 is 1.04 bits per heavy atom. The molecule has 0 aromatic heterocycles. The van der Waals surface area contributed by atoms with Crippen LogP contribution in [0.15, 0.2) is 42.5 Å². The highest BCUT2D eigenvalue weighted by molar-refractivity contribution is 6.32. The van der Waals surface area contributed by atoms with Crippen molar-refractivity contribution in [1.82, 2.24) is 4.90 Å². The Hall–Kier alpha value is -1.91. The van der Waals surface area contributed by atoms with Crippen LogP contribution in [0.1, 0.15) is 24.8 Å². The molecule has 3 rings (SSSR count). The number of piperidine rings is 1. The monoisotopic (exact) mass is 360 g/mol. The second-order valence-electron chi connectivity index (χ2n) is 6.38. The molecule has 1 heterocycles. The van der Waals surface area contributed by atoms with Gasteiger partial charge in [-0.2, -0.15) is 0 Å². The summed E-state index contributed by atoms with van der Waals surface area (Å²) in [4.78, 5) is 2.47. The first-order chi connectivity index (χ1) is 12.2. The molecule has 1 fully saturated rings. The number of halogens is 1. The Kier molecular flexibility index (Phi) is 6.42. The van der Waals surface area contributed by atoms with E-state index in [1.807, 2.05) is 30.3 Å². The third kappa shape index (κ3) is 5.28. The Balaban J connectivity index is 1.44. The molecule has 0 spiro atoms. The van der Waals surface area contributed by atoms with Gasteiger partial charge in [0.15, 0.2) is 0 Å². The molecule has 0 aliphatic carbocycles. The molecule has 4 nitrogen and oxygen atoms in total. The third-order valence-corrected chi connectivity index (χ3v) is 4.96. The first-order valence-corrected chi connectivity index (χ1v) is 9.25. The molecule has 25 heavy (non-hydrogen) atoms. The van der Waals surface area contributed by atoms with Gasteiger partial charge in [-0.25, -0.2) is 0 Å². The summed E-state index contributed by atoms with van der Waals surface area (Å²) in [5.74, 6) is 0.997. The fourth-order valence-corrected chi connectivity index (χ4v) is 3.24. The summed E-state index contributed by atoms with van der Waals surface area (Å²) >= 11 is 6.09. The lowest BCUT2D eigenvalue weighted by molar-refractivity contribution is 0.183. The van der Waals surface area contributed by atoms with Crippen LogP contribution in [0, 0.1) is 0 Å². The van der Waals surface area contributed by atoms with E-state index in [1.165, 1.54) is 32.4 Å². The molecule has 0 radical (unpaired) electrons. The molecule has 2 N–H and O–H groups in total. The molecule has 1 saturated heterocycles. The molecule has 1 aliphatic heterocycles. The number of aromatic hydroxyl groups is 1. The average molecular weight is 361 g/mol. The van der Waals surface area contributed by atoms with Gasteiger partial charge >= 0.3 is 0 Å². The Labute approximate surface area is 154 Å². The van der Waals surface area contributed by atoms with Crippen LogP contribution >= 0.6 is 11.6 Å². The quantitative estimate of drug-likeness (QED) is 0.761. The van der Waals surface area contributed by atoms with Gasteiger partial charge in [0.05, 0.1) is 5.02 Å². The first-order valence-electron chi connectivity index (χ1n) is 8.88. The number of phenolic OH excluding ortho intramolecular Hbond substituents is 1. The third-order valence-electron chi connectivity index (χ3n) is 4.52. The second kappa shape index (κ2) is 8.97. The van der Waals surface area contributed by atoms with Crippen LogP contribution in [-0.2, 0) is 6.54 Å². The number of phenols is 1. The van der Waals surface area contributed by atoms with Gasteiger partial charge in [0.25, 0.3) is 0 Å². The normalized spacial score (nSPS) is 15.1. The molecule has 2 aromatic rings.